The third kappa shape index (κ3) is 3.18. The second kappa shape index (κ2) is 6.87. The van der Waals surface area contributed by atoms with Crippen LogP contribution < -0.4 is 15.6 Å². The molecule has 2 aromatic carbocycles. The molecule has 6 heteroatoms. The van der Waals surface area contributed by atoms with E-state index < -0.39 is 5.82 Å². The summed E-state index contributed by atoms with van der Waals surface area (Å²) in [7, 11) is 1.43. The number of aromatic nitrogens is 2. The molecule has 1 unspecified atom stereocenters. The van der Waals surface area contributed by atoms with Crippen molar-refractivity contribution in [3.8, 4) is 5.75 Å². The molecule has 0 amide bonds. The van der Waals surface area contributed by atoms with Gasteiger partial charge in [0.05, 0.1) is 13.2 Å². The fourth-order valence-corrected chi connectivity index (χ4v) is 3.64. The van der Waals surface area contributed by atoms with Gasteiger partial charge in [-0.25, -0.2) is 4.39 Å². The van der Waals surface area contributed by atoms with Crippen LogP contribution in [0.15, 0.2) is 53.3 Å². The molecule has 5 nitrogen and oxygen atoms in total. The van der Waals surface area contributed by atoms with Crippen molar-refractivity contribution in [2.24, 2.45) is 0 Å². The highest BCUT2D eigenvalue weighted by molar-refractivity contribution is 5.61. The number of hydrogen-bond acceptors (Lipinski definition) is 4. The van der Waals surface area contributed by atoms with Gasteiger partial charge in [0, 0.05) is 23.5 Å². The van der Waals surface area contributed by atoms with Gasteiger partial charge in [0.1, 0.15) is 0 Å². The van der Waals surface area contributed by atoms with E-state index in [1.54, 1.807) is 12.1 Å². The highest BCUT2D eigenvalue weighted by Crippen LogP contribution is 2.35. The summed E-state index contributed by atoms with van der Waals surface area (Å²) in [5.41, 5.74) is 3.14. The van der Waals surface area contributed by atoms with Crippen molar-refractivity contribution in [3.63, 3.8) is 0 Å². The molecule has 138 valence electrons. The van der Waals surface area contributed by atoms with Crippen molar-refractivity contribution in [3.05, 3.63) is 81.5 Å². The standard InChI is InChI=1S/C21H20FN3O2/c1-13-10-19(27-2)16(22)12-17(13)23-21-24-20(26)11-15-8-9-18(25(15)21)14-6-4-3-5-7-14/h3-7,10-12,18H,8-9H2,1-2H3,(H,23,24,26). The first-order valence-electron chi connectivity index (χ1n) is 8.85. The molecule has 3 aromatic rings. The van der Waals surface area contributed by atoms with Gasteiger partial charge in [-0.15, -0.1) is 0 Å². The maximum Gasteiger partial charge on any atom is 0.274 e. The Balaban J connectivity index is 1.79. The first kappa shape index (κ1) is 17.3. The number of rotatable bonds is 4. The van der Waals surface area contributed by atoms with Crippen LogP contribution in [0.3, 0.4) is 0 Å². The number of fused-ring (bicyclic) bond motifs is 1. The molecule has 0 aliphatic carbocycles. The summed E-state index contributed by atoms with van der Waals surface area (Å²) in [5, 5.41) is 3.16. The Morgan fingerprint density at radius 1 is 1.22 bits per heavy atom. The van der Waals surface area contributed by atoms with Crippen molar-refractivity contribution in [1.29, 1.82) is 0 Å². The highest BCUT2D eigenvalue weighted by Gasteiger charge is 2.26. The molecule has 2 heterocycles. The van der Waals surface area contributed by atoms with E-state index >= 15 is 0 Å². The number of methoxy groups -OCH3 is 1. The molecule has 4 rings (SSSR count). The van der Waals surface area contributed by atoms with Crippen LogP contribution in [0, 0.1) is 12.7 Å². The molecule has 0 bridgehead atoms. The lowest BCUT2D eigenvalue weighted by atomic mass is 10.1. The zero-order chi connectivity index (χ0) is 19.0. The van der Waals surface area contributed by atoms with E-state index in [1.807, 2.05) is 29.7 Å². The van der Waals surface area contributed by atoms with Gasteiger partial charge in [-0.3, -0.25) is 4.79 Å². The van der Waals surface area contributed by atoms with E-state index in [9.17, 15) is 9.18 Å². The maximum absolute atomic E-state index is 14.2. The van der Waals surface area contributed by atoms with E-state index in [4.69, 9.17) is 4.74 Å². The number of nitrogens with zero attached hydrogens (tertiary/aromatic N) is 2. The topological polar surface area (TPSA) is 56.1 Å². The van der Waals surface area contributed by atoms with Crippen LogP contribution in [0.5, 0.6) is 5.75 Å². The molecule has 27 heavy (non-hydrogen) atoms. The fraction of sp³-hybridized carbons (Fsp3) is 0.238. The summed E-state index contributed by atoms with van der Waals surface area (Å²) >= 11 is 0. The number of anilines is 2. The number of hydrogen-bond donors (Lipinski definition) is 1. The number of ether oxygens (including phenoxy) is 1. The van der Waals surface area contributed by atoms with E-state index in [1.165, 1.54) is 13.2 Å². The monoisotopic (exact) mass is 365 g/mol. The lowest BCUT2D eigenvalue weighted by Gasteiger charge is -2.21. The minimum atomic E-state index is -0.467. The van der Waals surface area contributed by atoms with Crippen molar-refractivity contribution in [1.82, 2.24) is 9.55 Å². The Bertz CT molecular complexity index is 1050. The minimum Gasteiger partial charge on any atom is -0.494 e. The molecule has 1 atom stereocenters. The van der Waals surface area contributed by atoms with Crippen molar-refractivity contribution >= 4 is 11.6 Å². The smallest absolute Gasteiger partial charge is 0.274 e. The van der Waals surface area contributed by atoms with Gasteiger partial charge in [-0.2, -0.15) is 4.98 Å². The second-order valence-electron chi connectivity index (χ2n) is 6.67. The van der Waals surface area contributed by atoms with E-state index in [0.717, 1.165) is 29.7 Å². The third-order valence-corrected chi connectivity index (χ3v) is 4.96. The van der Waals surface area contributed by atoms with Crippen LogP contribution in [0.2, 0.25) is 0 Å². The van der Waals surface area contributed by atoms with Gasteiger partial charge in [0.25, 0.3) is 5.56 Å². The lowest BCUT2D eigenvalue weighted by molar-refractivity contribution is 0.386. The van der Waals surface area contributed by atoms with Gasteiger partial charge >= 0.3 is 0 Å². The number of nitrogens with one attached hydrogen (secondary N) is 1. The summed E-state index contributed by atoms with van der Waals surface area (Å²) in [6.45, 7) is 1.85. The second-order valence-corrected chi connectivity index (χ2v) is 6.67. The molecule has 0 spiro atoms. The average molecular weight is 365 g/mol. The quantitative estimate of drug-likeness (QED) is 0.760. The Morgan fingerprint density at radius 2 is 2.00 bits per heavy atom. The van der Waals surface area contributed by atoms with Gasteiger partial charge in [-0.05, 0) is 37.0 Å². The van der Waals surface area contributed by atoms with Crippen LogP contribution in [-0.2, 0) is 6.42 Å². The van der Waals surface area contributed by atoms with Crippen LogP contribution in [0.1, 0.15) is 29.3 Å². The van der Waals surface area contributed by atoms with Crippen molar-refractivity contribution in [2.45, 2.75) is 25.8 Å². The van der Waals surface area contributed by atoms with Crippen LogP contribution >= 0.6 is 0 Å². The predicted molar refractivity (Wildman–Crippen MR) is 102 cm³/mol. The first-order valence-corrected chi connectivity index (χ1v) is 8.85. The Kier molecular flexibility index (Phi) is 4.39. The summed E-state index contributed by atoms with van der Waals surface area (Å²) < 4.78 is 21.2. The molecule has 0 saturated heterocycles. The summed E-state index contributed by atoms with van der Waals surface area (Å²) in [4.78, 5) is 16.2. The SMILES string of the molecule is COc1cc(C)c(Nc2nc(=O)cc3n2C(c2ccccc2)CC3)cc1F. The Morgan fingerprint density at radius 3 is 2.74 bits per heavy atom. The van der Waals surface area contributed by atoms with Gasteiger partial charge in [0.2, 0.25) is 5.95 Å². The third-order valence-electron chi connectivity index (χ3n) is 4.96. The zero-order valence-corrected chi connectivity index (χ0v) is 15.2. The highest BCUT2D eigenvalue weighted by atomic mass is 19.1. The predicted octanol–water partition coefficient (Wildman–Crippen LogP) is 3.98. The molecule has 0 fully saturated rings. The normalized spacial score (nSPS) is 15.4. The minimum absolute atomic E-state index is 0.0835. The van der Waals surface area contributed by atoms with Crippen LogP contribution in [0.4, 0.5) is 16.0 Å². The molecule has 1 aliphatic heterocycles. The van der Waals surface area contributed by atoms with Crippen molar-refractivity contribution in [2.75, 3.05) is 12.4 Å². The van der Waals surface area contributed by atoms with Crippen LogP contribution in [0.25, 0.3) is 0 Å². The number of aryl methyl sites for hydroxylation is 2. The molecule has 0 saturated carbocycles. The van der Waals surface area contributed by atoms with E-state index in [2.05, 4.69) is 22.4 Å². The molecular formula is C21H20FN3O2. The molecule has 0 radical (unpaired) electrons. The number of halogens is 1. The molecule has 1 aliphatic rings. The van der Waals surface area contributed by atoms with Gasteiger partial charge in [-0.1, -0.05) is 30.3 Å². The lowest BCUT2D eigenvalue weighted by Crippen LogP contribution is -2.19. The summed E-state index contributed by atoms with van der Waals surface area (Å²) in [6, 6.07) is 14.8. The summed E-state index contributed by atoms with van der Waals surface area (Å²) in [6.07, 6.45) is 1.68. The fourth-order valence-electron chi connectivity index (χ4n) is 3.64. The van der Waals surface area contributed by atoms with Gasteiger partial charge in [0.15, 0.2) is 11.6 Å². The Labute approximate surface area is 156 Å². The van der Waals surface area contributed by atoms with Gasteiger partial charge < -0.3 is 14.6 Å². The molecule has 1 aromatic heterocycles. The van der Waals surface area contributed by atoms with Crippen LogP contribution in [-0.4, -0.2) is 16.7 Å². The molecular weight excluding hydrogens is 345 g/mol. The first-order chi connectivity index (χ1) is 13.1. The maximum atomic E-state index is 14.2. The average Bonchev–Trinajstić information content (AvgIpc) is 3.09. The summed E-state index contributed by atoms with van der Waals surface area (Å²) in [5.74, 6) is 0.144. The van der Waals surface area contributed by atoms with Crippen molar-refractivity contribution < 1.29 is 9.13 Å². The largest absolute Gasteiger partial charge is 0.494 e. The Hall–Kier alpha value is -3.15. The number of benzene rings is 2. The zero-order valence-electron chi connectivity index (χ0n) is 15.2. The van der Waals surface area contributed by atoms with E-state index in [0.29, 0.717) is 11.6 Å². The van der Waals surface area contributed by atoms with E-state index in [-0.39, 0.29) is 17.4 Å². The molecule has 1 N–H and O–H groups in total.